The maximum Gasteiger partial charge on any atom is 0.258 e. The molecule has 98 valence electrons. The summed E-state index contributed by atoms with van der Waals surface area (Å²) in [5, 5.41) is 3.38. The highest BCUT2D eigenvalue weighted by molar-refractivity contribution is 9.10. The molecule has 0 radical (unpaired) electrons. The van der Waals surface area contributed by atoms with Crippen molar-refractivity contribution < 1.29 is 4.79 Å². The molecule has 0 bridgehead atoms. The van der Waals surface area contributed by atoms with Crippen molar-refractivity contribution in [2.45, 2.75) is 0 Å². The molecule has 0 aliphatic heterocycles. The molecular formula is C12H6Br2Cl2N2O. The van der Waals surface area contributed by atoms with Crippen LogP contribution in [-0.2, 0) is 0 Å². The van der Waals surface area contributed by atoms with E-state index < -0.39 is 0 Å². The smallest absolute Gasteiger partial charge is 0.258 e. The Labute approximate surface area is 136 Å². The van der Waals surface area contributed by atoms with Gasteiger partial charge in [0.25, 0.3) is 5.91 Å². The van der Waals surface area contributed by atoms with E-state index in [1.807, 2.05) is 0 Å². The minimum Gasteiger partial charge on any atom is -0.321 e. The Morgan fingerprint density at radius 3 is 2.68 bits per heavy atom. The lowest BCUT2D eigenvalue weighted by Crippen LogP contribution is -2.13. The fourth-order valence-corrected chi connectivity index (χ4v) is 2.40. The summed E-state index contributed by atoms with van der Waals surface area (Å²) in [6.07, 6.45) is 1.52. The van der Waals surface area contributed by atoms with E-state index in [1.54, 1.807) is 24.3 Å². The van der Waals surface area contributed by atoms with E-state index in [0.717, 1.165) is 4.47 Å². The topological polar surface area (TPSA) is 42.0 Å². The van der Waals surface area contributed by atoms with Gasteiger partial charge in [-0.05, 0) is 56.1 Å². The number of halogens is 4. The predicted molar refractivity (Wildman–Crippen MR) is 84.1 cm³/mol. The van der Waals surface area contributed by atoms with Gasteiger partial charge in [-0.1, -0.05) is 23.2 Å². The quantitative estimate of drug-likeness (QED) is 0.676. The predicted octanol–water partition coefficient (Wildman–Crippen LogP) is 5.17. The molecule has 0 atom stereocenters. The van der Waals surface area contributed by atoms with E-state index in [-0.39, 0.29) is 16.6 Å². The molecule has 1 aromatic heterocycles. The lowest BCUT2D eigenvalue weighted by atomic mass is 10.2. The Morgan fingerprint density at radius 1 is 1.21 bits per heavy atom. The van der Waals surface area contributed by atoms with Crippen molar-refractivity contribution in [2.75, 3.05) is 5.32 Å². The molecule has 2 aromatic rings. The van der Waals surface area contributed by atoms with Crippen LogP contribution in [0.1, 0.15) is 10.4 Å². The molecular weight excluding hydrogens is 419 g/mol. The number of carbonyl (C=O) groups excluding carboxylic acids is 1. The molecule has 1 N–H and O–H groups in total. The fraction of sp³-hybridized carbons (Fsp3) is 0. The van der Waals surface area contributed by atoms with Crippen molar-refractivity contribution in [3.05, 3.63) is 55.1 Å². The Morgan fingerprint density at radius 2 is 1.95 bits per heavy atom. The lowest BCUT2D eigenvalue weighted by Gasteiger charge is -2.09. The largest absolute Gasteiger partial charge is 0.321 e. The van der Waals surface area contributed by atoms with Crippen LogP contribution in [-0.4, -0.2) is 10.9 Å². The number of anilines is 1. The molecule has 0 spiro atoms. The number of nitrogens with one attached hydrogen (secondary N) is 1. The van der Waals surface area contributed by atoms with Gasteiger partial charge in [-0.2, -0.15) is 0 Å². The molecule has 0 fully saturated rings. The molecule has 0 unspecified atom stereocenters. The van der Waals surface area contributed by atoms with E-state index >= 15 is 0 Å². The highest BCUT2D eigenvalue weighted by atomic mass is 79.9. The van der Waals surface area contributed by atoms with E-state index in [4.69, 9.17) is 23.2 Å². The summed E-state index contributed by atoms with van der Waals surface area (Å²) in [5.41, 5.74) is 0.844. The number of benzene rings is 1. The Balaban J connectivity index is 2.30. The van der Waals surface area contributed by atoms with Crippen molar-refractivity contribution >= 4 is 66.7 Å². The number of carbonyl (C=O) groups is 1. The zero-order valence-electron chi connectivity index (χ0n) is 9.25. The van der Waals surface area contributed by atoms with Crippen LogP contribution in [0.3, 0.4) is 0 Å². The Bertz CT molecular complexity index is 650. The summed E-state index contributed by atoms with van der Waals surface area (Å²) < 4.78 is 1.40. The molecule has 2 rings (SSSR count). The number of hydrogen-bond acceptors (Lipinski definition) is 2. The standard InChI is InChI=1S/C12H6Br2Cl2N2O/c13-6-3-8(11(16)17-5-6)12(19)18-10-4-7(15)1-2-9(10)14/h1-5H,(H,18,19). The van der Waals surface area contributed by atoms with Gasteiger partial charge in [0, 0.05) is 20.2 Å². The molecule has 0 aliphatic rings. The van der Waals surface area contributed by atoms with Crippen LogP contribution in [0.4, 0.5) is 5.69 Å². The van der Waals surface area contributed by atoms with Gasteiger partial charge in [-0.15, -0.1) is 0 Å². The summed E-state index contributed by atoms with van der Waals surface area (Å²) in [6.45, 7) is 0. The molecule has 0 saturated carbocycles. The third-order valence-corrected chi connectivity index (χ3v) is 3.89. The Kier molecular flexibility index (Phi) is 4.84. The van der Waals surface area contributed by atoms with Gasteiger partial charge in [-0.3, -0.25) is 4.79 Å². The van der Waals surface area contributed by atoms with Gasteiger partial charge >= 0.3 is 0 Å². The first-order valence-corrected chi connectivity index (χ1v) is 7.39. The maximum atomic E-state index is 12.1. The summed E-state index contributed by atoms with van der Waals surface area (Å²) in [5.74, 6) is -0.359. The monoisotopic (exact) mass is 422 g/mol. The molecule has 0 saturated heterocycles. The van der Waals surface area contributed by atoms with Crippen LogP contribution >= 0.6 is 55.1 Å². The van der Waals surface area contributed by atoms with Crippen LogP contribution in [0.2, 0.25) is 10.2 Å². The van der Waals surface area contributed by atoms with Crippen LogP contribution in [0, 0.1) is 0 Å². The highest BCUT2D eigenvalue weighted by Gasteiger charge is 2.13. The van der Waals surface area contributed by atoms with E-state index in [1.165, 1.54) is 6.20 Å². The third kappa shape index (κ3) is 3.69. The van der Waals surface area contributed by atoms with Gasteiger partial charge in [0.1, 0.15) is 5.15 Å². The molecule has 1 aromatic carbocycles. The molecule has 0 aliphatic carbocycles. The SMILES string of the molecule is O=C(Nc1cc(Cl)ccc1Br)c1cc(Br)cnc1Cl. The van der Waals surface area contributed by atoms with Gasteiger partial charge in [0.2, 0.25) is 0 Å². The zero-order chi connectivity index (χ0) is 14.0. The van der Waals surface area contributed by atoms with E-state index in [9.17, 15) is 4.79 Å². The summed E-state index contributed by atoms with van der Waals surface area (Å²) in [6, 6.07) is 6.71. The summed E-state index contributed by atoms with van der Waals surface area (Å²) >= 11 is 18.4. The minimum absolute atomic E-state index is 0.138. The second-order valence-corrected chi connectivity index (χ2v) is 6.13. The number of rotatable bonds is 2. The molecule has 7 heteroatoms. The molecule has 1 amide bonds. The number of pyridine rings is 1. The second kappa shape index (κ2) is 6.22. The summed E-state index contributed by atoms with van der Waals surface area (Å²) in [7, 11) is 0. The van der Waals surface area contributed by atoms with Gasteiger partial charge in [-0.25, -0.2) is 4.98 Å². The normalized spacial score (nSPS) is 10.3. The van der Waals surface area contributed by atoms with Crippen LogP contribution in [0.5, 0.6) is 0 Å². The lowest BCUT2D eigenvalue weighted by molar-refractivity contribution is 0.102. The molecule has 1 heterocycles. The number of amides is 1. The summed E-state index contributed by atoms with van der Waals surface area (Å²) in [4.78, 5) is 16.0. The number of aromatic nitrogens is 1. The van der Waals surface area contributed by atoms with Crippen molar-refractivity contribution in [2.24, 2.45) is 0 Å². The van der Waals surface area contributed by atoms with E-state index in [2.05, 4.69) is 42.2 Å². The first-order chi connectivity index (χ1) is 8.97. The number of nitrogens with zero attached hydrogens (tertiary/aromatic N) is 1. The van der Waals surface area contributed by atoms with E-state index in [0.29, 0.717) is 15.2 Å². The molecule has 3 nitrogen and oxygen atoms in total. The third-order valence-electron chi connectivity index (χ3n) is 2.23. The van der Waals surface area contributed by atoms with Crippen molar-refractivity contribution in [1.29, 1.82) is 0 Å². The van der Waals surface area contributed by atoms with Crippen LogP contribution in [0.15, 0.2) is 39.4 Å². The minimum atomic E-state index is -0.359. The maximum absolute atomic E-state index is 12.1. The first-order valence-electron chi connectivity index (χ1n) is 5.05. The average Bonchev–Trinajstić information content (AvgIpc) is 2.36. The second-order valence-electron chi connectivity index (χ2n) is 3.57. The van der Waals surface area contributed by atoms with Gasteiger partial charge in [0.15, 0.2) is 0 Å². The average molecular weight is 425 g/mol. The van der Waals surface area contributed by atoms with Crippen molar-refractivity contribution in [1.82, 2.24) is 4.98 Å². The van der Waals surface area contributed by atoms with Crippen molar-refractivity contribution in [3.8, 4) is 0 Å². The highest BCUT2D eigenvalue weighted by Crippen LogP contribution is 2.27. The van der Waals surface area contributed by atoms with Gasteiger partial charge < -0.3 is 5.32 Å². The first kappa shape index (κ1) is 14.8. The van der Waals surface area contributed by atoms with Crippen molar-refractivity contribution in [3.63, 3.8) is 0 Å². The van der Waals surface area contributed by atoms with Gasteiger partial charge in [0.05, 0.1) is 11.3 Å². The van der Waals surface area contributed by atoms with Crippen LogP contribution in [0.25, 0.3) is 0 Å². The van der Waals surface area contributed by atoms with Crippen LogP contribution < -0.4 is 5.32 Å². The number of hydrogen-bond donors (Lipinski definition) is 1. The Hall–Kier alpha value is -0.620. The fourth-order valence-electron chi connectivity index (χ4n) is 1.36. The molecule has 19 heavy (non-hydrogen) atoms. The zero-order valence-corrected chi connectivity index (χ0v) is 13.9.